The van der Waals surface area contributed by atoms with Gasteiger partial charge in [-0.25, -0.2) is 4.39 Å². The van der Waals surface area contributed by atoms with E-state index in [1.165, 1.54) is 45.2 Å². The normalized spacial score (nSPS) is 25.3. The molecule has 142 valence electrons. The van der Waals surface area contributed by atoms with E-state index in [0.717, 1.165) is 26.0 Å². The Morgan fingerprint density at radius 3 is 2.73 bits per heavy atom. The Morgan fingerprint density at radius 2 is 2.12 bits per heavy atom. The van der Waals surface area contributed by atoms with Gasteiger partial charge in [-0.2, -0.15) is 0 Å². The van der Waals surface area contributed by atoms with Crippen molar-refractivity contribution in [2.45, 2.75) is 31.3 Å². The standard InChI is InChI=1S/C20H27FN2O3/c1-25-18-5-4-16(10-17(18)21)19(24)23-13-20(14-23)7-6-15(12-26-20)11-22-8-2-3-9-22/h4-5,10,15H,2-3,6-9,11-14H2,1H3/t15-/m0/s1. The highest BCUT2D eigenvalue weighted by Crippen LogP contribution is 2.37. The van der Waals surface area contributed by atoms with Crippen molar-refractivity contribution in [1.29, 1.82) is 0 Å². The molecule has 0 bridgehead atoms. The first-order chi connectivity index (χ1) is 12.6. The molecular weight excluding hydrogens is 335 g/mol. The fourth-order valence-corrected chi connectivity index (χ4v) is 4.42. The molecule has 0 aromatic heterocycles. The van der Waals surface area contributed by atoms with Crippen LogP contribution in [0.1, 0.15) is 36.0 Å². The molecule has 0 saturated carbocycles. The van der Waals surface area contributed by atoms with Crippen molar-refractivity contribution in [3.63, 3.8) is 0 Å². The topological polar surface area (TPSA) is 42.0 Å². The summed E-state index contributed by atoms with van der Waals surface area (Å²) in [5.41, 5.74) is 0.184. The number of amides is 1. The van der Waals surface area contributed by atoms with E-state index < -0.39 is 5.82 Å². The van der Waals surface area contributed by atoms with Gasteiger partial charge in [0.2, 0.25) is 0 Å². The van der Waals surface area contributed by atoms with Crippen molar-refractivity contribution in [1.82, 2.24) is 9.80 Å². The second kappa shape index (κ2) is 7.16. The first-order valence-electron chi connectivity index (χ1n) is 9.58. The molecule has 1 spiro atoms. The molecule has 26 heavy (non-hydrogen) atoms. The number of carbonyl (C=O) groups excluding carboxylic acids is 1. The van der Waals surface area contributed by atoms with E-state index in [1.54, 1.807) is 11.0 Å². The largest absolute Gasteiger partial charge is 0.494 e. The molecular formula is C20H27FN2O3. The molecule has 3 saturated heterocycles. The van der Waals surface area contributed by atoms with Gasteiger partial charge in [0.25, 0.3) is 5.91 Å². The Labute approximate surface area is 154 Å². The van der Waals surface area contributed by atoms with E-state index in [1.807, 2.05) is 0 Å². The van der Waals surface area contributed by atoms with Gasteiger partial charge in [-0.05, 0) is 62.9 Å². The first kappa shape index (κ1) is 17.7. The number of ether oxygens (including phenoxy) is 2. The Morgan fingerprint density at radius 1 is 1.35 bits per heavy atom. The van der Waals surface area contributed by atoms with Crippen LogP contribution in [0.4, 0.5) is 4.39 Å². The molecule has 3 aliphatic rings. The highest BCUT2D eigenvalue weighted by molar-refractivity contribution is 5.95. The van der Waals surface area contributed by atoms with E-state index in [4.69, 9.17) is 9.47 Å². The van der Waals surface area contributed by atoms with Gasteiger partial charge in [0.05, 0.1) is 26.8 Å². The molecule has 0 unspecified atom stereocenters. The fraction of sp³-hybridized carbons (Fsp3) is 0.650. The minimum absolute atomic E-state index is 0.139. The number of methoxy groups -OCH3 is 1. The van der Waals surface area contributed by atoms with Crippen LogP contribution < -0.4 is 4.74 Å². The highest BCUT2D eigenvalue weighted by atomic mass is 19.1. The highest BCUT2D eigenvalue weighted by Gasteiger charge is 2.48. The predicted molar refractivity (Wildman–Crippen MR) is 95.9 cm³/mol. The van der Waals surface area contributed by atoms with Crippen LogP contribution in [0.2, 0.25) is 0 Å². The minimum atomic E-state index is -0.507. The number of hydrogen-bond acceptors (Lipinski definition) is 4. The lowest BCUT2D eigenvalue weighted by Crippen LogP contribution is -2.66. The number of hydrogen-bond donors (Lipinski definition) is 0. The number of halogens is 1. The van der Waals surface area contributed by atoms with Gasteiger partial charge in [-0.3, -0.25) is 4.79 Å². The summed E-state index contributed by atoms with van der Waals surface area (Å²) in [6, 6.07) is 4.36. The van der Waals surface area contributed by atoms with Crippen molar-refractivity contribution >= 4 is 5.91 Å². The molecule has 0 radical (unpaired) electrons. The van der Waals surface area contributed by atoms with Crippen LogP contribution >= 0.6 is 0 Å². The smallest absolute Gasteiger partial charge is 0.254 e. The summed E-state index contributed by atoms with van der Waals surface area (Å²) in [5, 5.41) is 0. The molecule has 3 aliphatic heterocycles. The molecule has 1 atom stereocenters. The van der Waals surface area contributed by atoms with Crippen LogP contribution in [0, 0.1) is 11.7 Å². The average molecular weight is 362 g/mol. The quantitative estimate of drug-likeness (QED) is 0.826. The van der Waals surface area contributed by atoms with E-state index in [-0.39, 0.29) is 17.3 Å². The summed E-state index contributed by atoms with van der Waals surface area (Å²) in [6.45, 7) is 5.59. The van der Waals surface area contributed by atoms with Crippen LogP contribution in [-0.2, 0) is 4.74 Å². The summed E-state index contributed by atoms with van der Waals surface area (Å²) in [7, 11) is 1.41. The number of benzene rings is 1. The predicted octanol–water partition coefficient (Wildman–Crippen LogP) is 2.55. The third kappa shape index (κ3) is 3.45. The van der Waals surface area contributed by atoms with Crippen molar-refractivity contribution in [3.8, 4) is 5.75 Å². The molecule has 1 aromatic carbocycles. The van der Waals surface area contributed by atoms with Crippen molar-refractivity contribution in [3.05, 3.63) is 29.6 Å². The van der Waals surface area contributed by atoms with Crippen LogP contribution in [-0.4, -0.2) is 67.7 Å². The van der Waals surface area contributed by atoms with Crippen molar-refractivity contribution in [2.24, 2.45) is 5.92 Å². The van der Waals surface area contributed by atoms with Crippen molar-refractivity contribution in [2.75, 3.05) is 46.4 Å². The number of rotatable bonds is 4. The lowest BCUT2D eigenvalue weighted by molar-refractivity contribution is -0.168. The molecule has 5 nitrogen and oxygen atoms in total. The zero-order valence-corrected chi connectivity index (χ0v) is 15.4. The van der Waals surface area contributed by atoms with E-state index >= 15 is 0 Å². The maximum Gasteiger partial charge on any atom is 0.254 e. The molecule has 1 aromatic rings. The van der Waals surface area contributed by atoms with E-state index in [0.29, 0.717) is 24.6 Å². The lowest BCUT2D eigenvalue weighted by Gasteiger charge is -2.53. The molecule has 1 amide bonds. The van der Waals surface area contributed by atoms with Gasteiger partial charge in [0.1, 0.15) is 5.60 Å². The minimum Gasteiger partial charge on any atom is -0.494 e. The van der Waals surface area contributed by atoms with Crippen LogP contribution in [0.15, 0.2) is 18.2 Å². The SMILES string of the molecule is COc1ccc(C(=O)N2CC3(CC[C@@H](CN4CCCC4)CO3)C2)cc1F. The Kier molecular flexibility index (Phi) is 4.88. The van der Waals surface area contributed by atoms with Crippen LogP contribution in [0.25, 0.3) is 0 Å². The van der Waals surface area contributed by atoms with E-state index in [9.17, 15) is 9.18 Å². The summed E-state index contributed by atoms with van der Waals surface area (Å²) in [6.07, 6.45) is 4.81. The van der Waals surface area contributed by atoms with Gasteiger partial charge in [-0.1, -0.05) is 0 Å². The molecule has 3 fully saturated rings. The summed E-state index contributed by atoms with van der Waals surface area (Å²) in [5.74, 6) is 0.118. The third-order valence-corrected chi connectivity index (χ3v) is 5.99. The monoisotopic (exact) mass is 362 g/mol. The zero-order chi connectivity index (χ0) is 18.1. The molecule has 6 heteroatoms. The Bertz CT molecular complexity index is 659. The van der Waals surface area contributed by atoms with Gasteiger partial charge in [0, 0.05) is 12.1 Å². The van der Waals surface area contributed by atoms with Gasteiger partial charge in [-0.15, -0.1) is 0 Å². The van der Waals surface area contributed by atoms with E-state index in [2.05, 4.69) is 4.90 Å². The fourth-order valence-electron chi connectivity index (χ4n) is 4.42. The molecule has 4 rings (SSSR count). The average Bonchev–Trinajstić information content (AvgIpc) is 3.13. The second-order valence-electron chi connectivity index (χ2n) is 7.92. The first-order valence-corrected chi connectivity index (χ1v) is 9.58. The van der Waals surface area contributed by atoms with Gasteiger partial charge >= 0.3 is 0 Å². The maximum absolute atomic E-state index is 13.8. The van der Waals surface area contributed by atoms with Crippen molar-refractivity contribution < 1.29 is 18.7 Å². The summed E-state index contributed by atoms with van der Waals surface area (Å²) >= 11 is 0. The zero-order valence-electron chi connectivity index (χ0n) is 15.4. The number of likely N-dealkylation sites (tertiary alicyclic amines) is 2. The summed E-state index contributed by atoms with van der Waals surface area (Å²) < 4.78 is 24.9. The van der Waals surface area contributed by atoms with Gasteiger partial charge in [0.15, 0.2) is 11.6 Å². The lowest BCUT2D eigenvalue weighted by atomic mass is 9.82. The van der Waals surface area contributed by atoms with Crippen LogP contribution in [0.5, 0.6) is 5.75 Å². The number of carbonyl (C=O) groups is 1. The Hall–Kier alpha value is -1.66. The number of nitrogens with zero attached hydrogens (tertiary/aromatic N) is 2. The Balaban J connectivity index is 1.28. The molecule has 0 N–H and O–H groups in total. The summed E-state index contributed by atoms with van der Waals surface area (Å²) in [4.78, 5) is 16.9. The maximum atomic E-state index is 13.8. The second-order valence-corrected chi connectivity index (χ2v) is 7.92. The molecule has 0 aliphatic carbocycles. The molecule has 3 heterocycles. The third-order valence-electron chi connectivity index (χ3n) is 5.99. The van der Waals surface area contributed by atoms with Gasteiger partial charge < -0.3 is 19.3 Å². The van der Waals surface area contributed by atoms with Crippen LogP contribution in [0.3, 0.4) is 0 Å².